The highest BCUT2D eigenvalue weighted by atomic mass is 32.2. The van der Waals surface area contributed by atoms with Gasteiger partial charge in [-0.25, -0.2) is 8.42 Å². The summed E-state index contributed by atoms with van der Waals surface area (Å²) in [5, 5.41) is 3.19. The Labute approximate surface area is 138 Å². The van der Waals surface area contributed by atoms with Crippen molar-refractivity contribution in [3.63, 3.8) is 0 Å². The number of unbranched alkanes of at least 4 members (excludes halogenated alkanes) is 1. The zero-order chi connectivity index (χ0) is 16.7. The molecule has 23 heavy (non-hydrogen) atoms. The maximum absolute atomic E-state index is 12.8. The van der Waals surface area contributed by atoms with Gasteiger partial charge in [0.05, 0.1) is 11.4 Å². The average Bonchev–Trinajstić information content (AvgIpc) is 2.59. The Kier molecular flexibility index (Phi) is 6.56. The fraction of sp³-hybridized carbons (Fsp3) is 0.562. The number of amides is 1. The van der Waals surface area contributed by atoms with Crippen LogP contribution in [0.15, 0.2) is 35.2 Å². The Morgan fingerprint density at radius 3 is 2.48 bits per heavy atom. The molecule has 0 atom stereocenters. The Morgan fingerprint density at radius 2 is 1.87 bits per heavy atom. The number of carbonyl (C=O) groups is 1. The molecule has 0 aliphatic carbocycles. The third-order valence-electron chi connectivity index (χ3n) is 3.92. The first kappa shape index (κ1) is 17.9. The van der Waals surface area contributed by atoms with Gasteiger partial charge in [-0.1, -0.05) is 31.5 Å². The third-order valence-corrected chi connectivity index (χ3v) is 5.78. The predicted octanol–water partition coefficient (Wildman–Crippen LogP) is 0.909. The zero-order valence-corrected chi connectivity index (χ0v) is 14.4. The van der Waals surface area contributed by atoms with Gasteiger partial charge >= 0.3 is 0 Å². The Bertz CT molecular complexity index is 598. The molecular formula is C16H25N3O3S. The molecule has 0 unspecified atom stereocenters. The molecule has 6 nitrogen and oxygen atoms in total. The second-order valence-corrected chi connectivity index (χ2v) is 7.57. The van der Waals surface area contributed by atoms with Gasteiger partial charge in [0.2, 0.25) is 15.9 Å². The van der Waals surface area contributed by atoms with Gasteiger partial charge in [0, 0.05) is 32.7 Å². The highest BCUT2D eigenvalue weighted by Crippen LogP contribution is 2.16. The van der Waals surface area contributed by atoms with Gasteiger partial charge in [-0.2, -0.15) is 4.31 Å². The molecule has 0 spiro atoms. The summed E-state index contributed by atoms with van der Waals surface area (Å²) in [7, 11) is -3.64. The molecule has 1 aromatic rings. The summed E-state index contributed by atoms with van der Waals surface area (Å²) in [5.74, 6) is -0.123. The molecule has 1 N–H and O–H groups in total. The number of piperazine rings is 1. The second kappa shape index (κ2) is 8.42. The van der Waals surface area contributed by atoms with Crippen LogP contribution in [0.5, 0.6) is 0 Å². The van der Waals surface area contributed by atoms with Gasteiger partial charge in [0.15, 0.2) is 0 Å². The molecule has 1 heterocycles. The molecule has 1 aliphatic heterocycles. The molecule has 0 aromatic heterocycles. The quantitative estimate of drug-likeness (QED) is 0.802. The molecule has 1 fully saturated rings. The van der Waals surface area contributed by atoms with Crippen molar-refractivity contribution >= 4 is 15.9 Å². The van der Waals surface area contributed by atoms with Crippen molar-refractivity contribution in [2.45, 2.75) is 24.7 Å². The topological polar surface area (TPSA) is 69.7 Å². The van der Waals surface area contributed by atoms with Crippen LogP contribution in [0.25, 0.3) is 0 Å². The van der Waals surface area contributed by atoms with Crippen LogP contribution < -0.4 is 5.32 Å². The van der Waals surface area contributed by atoms with Crippen LogP contribution in [-0.2, 0) is 14.8 Å². The zero-order valence-electron chi connectivity index (χ0n) is 13.6. The van der Waals surface area contributed by atoms with E-state index in [0.717, 1.165) is 25.9 Å². The number of nitrogens with zero attached hydrogens (tertiary/aromatic N) is 2. The molecule has 2 rings (SSSR count). The van der Waals surface area contributed by atoms with E-state index in [4.69, 9.17) is 0 Å². The second-order valence-electron chi connectivity index (χ2n) is 5.64. The molecule has 1 saturated heterocycles. The molecule has 1 amide bonds. The fourth-order valence-electron chi connectivity index (χ4n) is 2.53. The van der Waals surface area contributed by atoms with E-state index in [9.17, 15) is 13.2 Å². The first-order valence-corrected chi connectivity index (χ1v) is 9.53. The van der Waals surface area contributed by atoms with E-state index in [-0.39, 0.29) is 17.3 Å². The minimum Gasteiger partial charge on any atom is -0.339 e. The van der Waals surface area contributed by atoms with E-state index in [2.05, 4.69) is 5.32 Å². The van der Waals surface area contributed by atoms with E-state index in [1.54, 1.807) is 35.2 Å². The lowest BCUT2D eigenvalue weighted by Gasteiger charge is -2.30. The third kappa shape index (κ3) is 4.76. The van der Waals surface area contributed by atoms with Gasteiger partial charge in [0.1, 0.15) is 0 Å². The van der Waals surface area contributed by atoms with Gasteiger partial charge in [0.25, 0.3) is 0 Å². The first-order chi connectivity index (χ1) is 11.1. The summed E-state index contributed by atoms with van der Waals surface area (Å²) < 4.78 is 26.9. The maximum Gasteiger partial charge on any atom is 0.243 e. The molecule has 128 valence electrons. The van der Waals surface area contributed by atoms with E-state index in [0.29, 0.717) is 19.6 Å². The highest BCUT2D eigenvalue weighted by molar-refractivity contribution is 7.89. The Balaban J connectivity index is 2.14. The Hall–Kier alpha value is -1.44. The lowest BCUT2D eigenvalue weighted by Crippen LogP contribution is -2.50. The Morgan fingerprint density at radius 1 is 1.22 bits per heavy atom. The monoisotopic (exact) mass is 339 g/mol. The number of hydrogen-bond acceptors (Lipinski definition) is 4. The van der Waals surface area contributed by atoms with Crippen molar-refractivity contribution < 1.29 is 13.2 Å². The van der Waals surface area contributed by atoms with Crippen molar-refractivity contribution in [3.8, 4) is 0 Å². The van der Waals surface area contributed by atoms with Crippen molar-refractivity contribution in [2.24, 2.45) is 0 Å². The minimum atomic E-state index is -3.64. The van der Waals surface area contributed by atoms with Crippen LogP contribution >= 0.6 is 0 Å². The lowest BCUT2D eigenvalue weighted by molar-refractivity contribution is -0.131. The fourth-order valence-corrected chi connectivity index (χ4v) is 3.97. The van der Waals surface area contributed by atoms with Crippen LogP contribution in [-0.4, -0.2) is 62.8 Å². The standard InChI is InChI=1S/C16H25N3O3S/c1-2-3-11-19(14-16(20)18-12-9-17-10-13-18)23(21,22)15-7-5-4-6-8-15/h4-8,17H,2-3,9-14H2,1H3. The van der Waals surface area contributed by atoms with Crippen LogP contribution in [0.2, 0.25) is 0 Å². The number of nitrogens with one attached hydrogen (secondary N) is 1. The summed E-state index contributed by atoms with van der Waals surface area (Å²) in [6, 6.07) is 8.32. The SMILES string of the molecule is CCCCN(CC(=O)N1CCNCC1)S(=O)(=O)c1ccccc1. The van der Waals surface area contributed by atoms with Crippen LogP contribution in [0, 0.1) is 0 Å². The van der Waals surface area contributed by atoms with Gasteiger partial charge in [-0.15, -0.1) is 0 Å². The molecular weight excluding hydrogens is 314 g/mol. The summed E-state index contributed by atoms with van der Waals surface area (Å²) in [4.78, 5) is 14.4. The van der Waals surface area contributed by atoms with E-state index >= 15 is 0 Å². The maximum atomic E-state index is 12.8. The van der Waals surface area contributed by atoms with E-state index in [1.807, 2.05) is 6.92 Å². The van der Waals surface area contributed by atoms with E-state index in [1.165, 1.54) is 4.31 Å². The predicted molar refractivity (Wildman–Crippen MR) is 89.6 cm³/mol. The lowest BCUT2D eigenvalue weighted by atomic mass is 10.3. The molecule has 1 aromatic carbocycles. The number of benzene rings is 1. The number of sulfonamides is 1. The number of carbonyl (C=O) groups excluding carboxylic acids is 1. The van der Waals surface area contributed by atoms with Crippen molar-refractivity contribution in [1.82, 2.24) is 14.5 Å². The van der Waals surface area contributed by atoms with Gasteiger partial charge in [-0.3, -0.25) is 4.79 Å². The molecule has 0 bridgehead atoms. The average molecular weight is 339 g/mol. The van der Waals surface area contributed by atoms with Crippen molar-refractivity contribution in [1.29, 1.82) is 0 Å². The molecule has 0 saturated carbocycles. The normalized spacial score (nSPS) is 15.8. The summed E-state index contributed by atoms with van der Waals surface area (Å²) in [6.45, 7) is 5.06. The van der Waals surface area contributed by atoms with Crippen molar-refractivity contribution in [3.05, 3.63) is 30.3 Å². The van der Waals surface area contributed by atoms with Gasteiger partial charge < -0.3 is 10.2 Å². The summed E-state index contributed by atoms with van der Waals surface area (Å²) in [5.41, 5.74) is 0. The largest absolute Gasteiger partial charge is 0.339 e. The molecule has 1 aliphatic rings. The van der Waals surface area contributed by atoms with Gasteiger partial charge in [-0.05, 0) is 18.6 Å². The summed E-state index contributed by atoms with van der Waals surface area (Å²) in [6.07, 6.45) is 1.61. The van der Waals surface area contributed by atoms with E-state index < -0.39 is 10.0 Å². The van der Waals surface area contributed by atoms with Crippen LogP contribution in [0.1, 0.15) is 19.8 Å². The highest BCUT2D eigenvalue weighted by Gasteiger charge is 2.28. The summed E-state index contributed by atoms with van der Waals surface area (Å²) >= 11 is 0. The minimum absolute atomic E-state index is 0.0861. The van der Waals surface area contributed by atoms with Crippen LogP contribution in [0.3, 0.4) is 0 Å². The molecule has 7 heteroatoms. The van der Waals surface area contributed by atoms with Crippen molar-refractivity contribution in [2.75, 3.05) is 39.3 Å². The smallest absolute Gasteiger partial charge is 0.243 e. The first-order valence-electron chi connectivity index (χ1n) is 8.09. The number of rotatable bonds is 7. The number of hydrogen-bond donors (Lipinski definition) is 1. The molecule has 0 radical (unpaired) electrons. The van der Waals surface area contributed by atoms with Crippen LogP contribution in [0.4, 0.5) is 0 Å².